The van der Waals surface area contributed by atoms with Gasteiger partial charge in [0.15, 0.2) is 5.44 Å². The number of hydrogen-bond acceptors (Lipinski definition) is 9. The van der Waals surface area contributed by atoms with E-state index in [1.807, 2.05) is 0 Å². The zero-order valence-electron chi connectivity index (χ0n) is 12.7. The number of nitrogens with one attached hydrogen (secondary N) is 2. The van der Waals surface area contributed by atoms with Crippen molar-refractivity contribution in [2.75, 3.05) is 25.0 Å². The van der Waals surface area contributed by atoms with Crippen LogP contribution in [0.15, 0.2) is 27.2 Å². The molecule has 4 N–H and O–H groups in total. The molecule has 1 unspecified atom stereocenters. The number of amides is 2. The highest BCUT2D eigenvalue weighted by Gasteiger charge is 2.33. The van der Waals surface area contributed by atoms with Gasteiger partial charge in [0.1, 0.15) is 15.5 Å². The van der Waals surface area contributed by atoms with Crippen molar-refractivity contribution in [2.45, 2.75) is 9.65 Å². The summed E-state index contributed by atoms with van der Waals surface area (Å²) >= 11 is 0.716. The molecule has 0 aromatic carbocycles. The van der Waals surface area contributed by atoms with E-state index in [2.05, 4.69) is 15.6 Å². The van der Waals surface area contributed by atoms with Gasteiger partial charge in [-0.3, -0.25) is 9.59 Å². The molecule has 1 aliphatic heterocycles. The van der Waals surface area contributed by atoms with Gasteiger partial charge in [-0.05, 0) is 6.07 Å². The Hall–Kier alpha value is -2.28. The number of hydrogen-bond donors (Lipinski definition) is 3. The number of sulfone groups is 1. The Labute approximate surface area is 146 Å². The molecule has 12 heteroatoms. The Morgan fingerprint density at radius 2 is 2.24 bits per heavy atom. The molecule has 0 saturated carbocycles. The van der Waals surface area contributed by atoms with E-state index in [0.717, 1.165) is 6.07 Å². The molecule has 1 aliphatic rings. The summed E-state index contributed by atoms with van der Waals surface area (Å²) in [6, 6.07) is 1.13. The molecule has 1 atom stereocenters. The van der Waals surface area contributed by atoms with Crippen molar-refractivity contribution < 1.29 is 27.2 Å². The number of carbonyl (C=O) groups excluding carboxylic acids is 2. The number of anilines is 1. The van der Waals surface area contributed by atoms with Crippen molar-refractivity contribution >= 4 is 38.0 Å². The van der Waals surface area contributed by atoms with Crippen molar-refractivity contribution in [3.63, 3.8) is 0 Å². The molecule has 2 aromatic heterocycles. The number of nitrogens with two attached hydrogens (primary N) is 1. The first-order valence-corrected chi connectivity index (χ1v) is 9.46. The molecule has 0 radical (unpaired) electrons. The number of morpholine rings is 1. The third-order valence-electron chi connectivity index (χ3n) is 3.35. The summed E-state index contributed by atoms with van der Waals surface area (Å²) in [6.07, 6.45) is 2.49. The number of oxazole rings is 1. The Balaban J connectivity index is 1.91. The molecule has 0 spiro atoms. The smallest absolute Gasteiger partial charge is 0.312 e. The standard InChI is InChI=1S/C13H14N4O6S2/c14-10(18)7-5-9(25(20,21)8-6-15-1-3-22-8)24-13(7)17-11(19)12-16-2-4-23-12/h2,4-5,8,15H,1,3,6H2,(H2,14,18)(H,17,19). The second-order valence-electron chi connectivity index (χ2n) is 5.01. The number of thiophene rings is 1. The molecular formula is C13H14N4O6S2. The molecule has 2 amide bonds. The van der Waals surface area contributed by atoms with Crippen LogP contribution in [0.1, 0.15) is 21.0 Å². The van der Waals surface area contributed by atoms with Crippen LogP contribution in [0.3, 0.4) is 0 Å². The molecule has 1 saturated heterocycles. The average Bonchev–Trinajstić information content (AvgIpc) is 3.25. The van der Waals surface area contributed by atoms with Crippen LogP contribution in [0.5, 0.6) is 0 Å². The summed E-state index contributed by atoms with van der Waals surface area (Å²) in [5.74, 6) is -1.83. The average molecular weight is 386 g/mol. The topological polar surface area (TPSA) is 154 Å². The van der Waals surface area contributed by atoms with Gasteiger partial charge < -0.3 is 25.5 Å². The molecule has 25 heavy (non-hydrogen) atoms. The van der Waals surface area contributed by atoms with Crippen LogP contribution in [-0.4, -0.2) is 50.3 Å². The Kier molecular flexibility index (Phi) is 4.85. The zero-order chi connectivity index (χ0) is 18.0. The van der Waals surface area contributed by atoms with Crippen LogP contribution in [0, 0.1) is 0 Å². The molecule has 0 aliphatic carbocycles. The lowest BCUT2D eigenvalue weighted by molar-refractivity contribution is 0.0786. The monoisotopic (exact) mass is 386 g/mol. The van der Waals surface area contributed by atoms with Crippen LogP contribution in [-0.2, 0) is 14.6 Å². The highest BCUT2D eigenvalue weighted by atomic mass is 32.2. The SMILES string of the molecule is NC(=O)c1cc(S(=O)(=O)C2CNCCO2)sc1NC(=O)c1ncco1. The Bertz CT molecular complexity index is 884. The van der Waals surface area contributed by atoms with E-state index >= 15 is 0 Å². The van der Waals surface area contributed by atoms with Crippen LogP contribution < -0.4 is 16.4 Å². The Morgan fingerprint density at radius 3 is 2.84 bits per heavy atom. The minimum atomic E-state index is -3.85. The van der Waals surface area contributed by atoms with E-state index in [1.54, 1.807) is 0 Å². The minimum Gasteiger partial charge on any atom is -0.441 e. The fourth-order valence-electron chi connectivity index (χ4n) is 2.15. The van der Waals surface area contributed by atoms with Crippen LogP contribution >= 0.6 is 11.3 Å². The lowest BCUT2D eigenvalue weighted by atomic mass is 10.3. The fraction of sp³-hybridized carbons (Fsp3) is 0.308. The largest absolute Gasteiger partial charge is 0.441 e. The van der Waals surface area contributed by atoms with Crippen LogP contribution in [0.2, 0.25) is 0 Å². The second kappa shape index (κ2) is 6.92. The summed E-state index contributed by atoms with van der Waals surface area (Å²) < 4.78 is 35.3. The van der Waals surface area contributed by atoms with Crippen LogP contribution in [0.25, 0.3) is 0 Å². The third kappa shape index (κ3) is 3.56. The zero-order valence-corrected chi connectivity index (χ0v) is 14.4. The van der Waals surface area contributed by atoms with Gasteiger partial charge in [-0.1, -0.05) is 0 Å². The van der Waals surface area contributed by atoms with E-state index in [4.69, 9.17) is 14.9 Å². The predicted molar refractivity (Wildman–Crippen MR) is 87.1 cm³/mol. The number of ether oxygens (including phenoxy) is 1. The first-order chi connectivity index (χ1) is 11.9. The number of rotatable bonds is 5. The first-order valence-electron chi connectivity index (χ1n) is 7.10. The minimum absolute atomic E-state index is 0.00181. The molecule has 2 aromatic rings. The number of nitrogens with zero attached hydrogens (tertiary/aromatic N) is 1. The van der Waals surface area contributed by atoms with Crippen molar-refractivity contribution in [1.82, 2.24) is 10.3 Å². The molecule has 3 heterocycles. The van der Waals surface area contributed by atoms with E-state index in [-0.39, 0.29) is 33.8 Å². The van der Waals surface area contributed by atoms with Gasteiger partial charge in [0.25, 0.3) is 11.8 Å². The van der Waals surface area contributed by atoms with Gasteiger partial charge in [-0.25, -0.2) is 13.4 Å². The number of carbonyl (C=O) groups is 2. The number of aromatic nitrogens is 1. The summed E-state index contributed by atoms with van der Waals surface area (Å²) in [4.78, 5) is 27.3. The highest BCUT2D eigenvalue weighted by Crippen LogP contribution is 2.34. The highest BCUT2D eigenvalue weighted by molar-refractivity contribution is 7.94. The van der Waals surface area contributed by atoms with E-state index < -0.39 is 27.1 Å². The van der Waals surface area contributed by atoms with E-state index in [1.165, 1.54) is 12.5 Å². The molecule has 10 nitrogen and oxygen atoms in total. The molecular weight excluding hydrogens is 372 g/mol. The van der Waals surface area contributed by atoms with Crippen molar-refractivity contribution in [2.24, 2.45) is 5.73 Å². The summed E-state index contributed by atoms with van der Waals surface area (Å²) in [6.45, 7) is 0.941. The summed E-state index contributed by atoms with van der Waals surface area (Å²) in [7, 11) is -3.85. The molecule has 134 valence electrons. The normalized spacial score (nSPS) is 18.0. The van der Waals surface area contributed by atoms with E-state index in [9.17, 15) is 18.0 Å². The summed E-state index contributed by atoms with van der Waals surface area (Å²) in [5.41, 5.74) is 4.09. The van der Waals surface area contributed by atoms with E-state index in [0.29, 0.717) is 17.9 Å². The van der Waals surface area contributed by atoms with Crippen molar-refractivity contribution in [3.8, 4) is 0 Å². The molecule has 3 rings (SSSR count). The summed E-state index contributed by atoms with van der Waals surface area (Å²) in [5, 5.41) is 5.31. The van der Waals surface area contributed by atoms with Crippen molar-refractivity contribution in [3.05, 3.63) is 30.0 Å². The molecule has 1 fully saturated rings. The quantitative estimate of drug-likeness (QED) is 0.639. The predicted octanol–water partition coefficient (Wildman–Crippen LogP) is -0.193. The maximum absolute atomic E-state index is 12.6. The van der Waals surface area contributed by atoms with Crippen LogP contribution in [0.4, 0.5) is 5.00 Å². The lowest BCUT2D eigenvalue weighted by Crippen LogP contribution is -2.42. The molecule has 0 bridgehead atoms. The van der Waals surface area contributed by atoms with Gasteiger partial charge in [0.2, 0.25) is 9.84 Å². The maximum atomic E-state index is 12.6. The van der Waals surface area contributed by atoms with Gasteiger partial charge in [0, 0.05) is 13.1 Å². The van der Waals surface area contributed by atoms with Gasteiger partial charge in [-0.2, -0.15) is 0 Å². The Morgan fingerprint density at radius 1 is 1.44 bits per heavy atom. The second-order valence-corrected chi connectivity index (χ2v) is 8.38. The van der Waals surface area contributed by atoms with Gasteiger partial charge in [-0.15, -0.1) is 11.3 Å². The third-order valence-corrected chi connectivity index (χ3v) is 6.81. The van der Waals surface area contributed by atoms with Gasteiger partial charge in [0.05, 0.1) is 18.4 Å². The number of primary amides is 1. The lowest BCUT2D eigenvalue weighted by Gasteiger charge is -2.22. The van der Waals surface area contributed by atoms with Gasteiger partial charge >= 0.3 is 5.91 Å². The maximum Gasteiger partial charge on any atom is 0.312 e. The fourth-order valence-corrected chi connectivity index (χ4v) is 5.13. The first kappa shape index (κ1) is 17.5. The van der Waals surface area contributed by atoms with Crippen molar-refractivity contribution in [1.29, 1.82) is 0 Å².